The quantitative estimate of drug-likeness (QED) is 0.341. The molecule has 0 saturated carbocycles. The molecule has 57 valence electrons. The van der Waals surface area contributed by atoms with Gasteiger partial charge in [-0.2, -0.15) is 0 Å². The summed E-state index contributed by atoms with van der Waals surface area (Å²) in [5.74, 6) is 0.839. The van der Waals surface area contributed by atoms with Crippen molar-refractivity contribution < 1.29 is 0 Å². The molecule has 10 heavy (non-hydrogen) atoms. The predicted molar refractivity (Wildman–Crippen MR) is 49.9 cm³/mol. The number of rotatable bonds is 6. The second-order valence-electron chi connectivity index (χ2n) is 2.46. The first-order chi connectivity index (χ1) is 4.41. The van der Waals surface area contributed by atoms with Gasteiger partial charge >= 0.3 is 0 Å². The van der Waals surface area contributed by atoms with E-state index in [1.807, 2.05) is 0 Å². The number of hydrogen-bond acceptors (Lipinski definition) is 0. The third-order valence-corrected chi connectivity index (χ3v) is 1.75. The first-order valence-electron chi connectivity index (χ1n) is 3.97. The van der Waals surface area contributed by atoms with E-state index >= 15 is 0 Å². The smallest absolute Gasteiger partial charge is 0.0223 e. The fourth-order valence-electron chi connectivity index (χ4n) is 0.875. The minimum atomic E-state index is 0. The van der Waals surface area contributed by atoms with Crippen molar-refractivity contribution in [2.24, 2.45) is 0 Å². The fourth-order valence-corrected chi connectivity index (χ4v) is 1.06. The first kappa shape index (κ1) is 14.5. The van der Waals surface area contributed by atoms with Gasteiger partial charge in [0, 0.05) is 57.3 Å². The van der Waals surface area contributed by atoms with Crippen molar-refractivity contribution in [1.82, 2.24) is 0 Å². The van der Waals surface area contributed by atoms with Gasteiger partial charge in [0.05, 0.1) is 0 Å². The maximum absolute atomic E-state index is 5.51. The molecule has 0 fully saturated rings. The maximum atomic E-state index is 5.51. The molecule has 1 radical (unpaired) electrons. The van der Waals surface area contributed by atoms with Gasteiger partial charge in [-0.05, 0) is 6.42 Å². The first-order valence-corrected chi connectivity index (χ1v) is 4.51. The van der Waals surface area contributed by atoms with Crippen LogP contribution in [0.3, 0.4) is 0 Å². The van der Waals surface area contributed by atoms with Crippen LogP contribution in [0.2, 0.25) is 0 Å². The van der Waals surface area contributed by atoms with Crippen molar-refractivity contribution in [1.29, 1.82) is 0 Å². The molecule has 0 N–H and O–H groups in total. The molecule has 0 aromatic heterocycles. The summed E-state index contributed by atoms with van der Waals surface area (Å²) in [6, 6.07) is 0. The van der Waals surface area contributed by atoms with E-state index in [4.69, 9.17) is 11.6 Å². The summed E-state index contributed by atoms with van der Waals surface area (Å²) < 4.78 is 0. The average Bonchev–Trinajstić information content (AvgIpc) is 1.89. The molecule has 0 unspecified atom stereocenters. The zero-order chi connectivity index (χ0) is 6.95. The number of alkyl halides is 1. The van der Waals surface area contributed by atoms with Crippen LogP contribution in [-0.4, -0.2) is 57.3 Å². The summed E-state index contributed by atoms with van der Waals surface area (Å²) in [6.45, 7) is 2.24. The zero-order valence-electron chi connectivity index (χ0n) is 7.33. The molecule has 0 atom stereocenters. The summed E-state index contributed by atoms with van der Waals surface area (Å²) in [4.78, 5) is 0. The predicted octanol–water partition coefficient (Wildman–Crippen LogP) is 3.20. The van der Waals surface area contributed by atoms with E-state index in [-0.39, 0.29) is 51.4 Å². The standard InChI is InChI=1S/C8H17Cl.K/c1-2-3-4-5-6-7-8-9;/h2-8H2,1H3;. The van der Waals surface area contributed by atoms with E-state index in [2.05, 4.69) is 6.92 Å². The Labute approximate surface area is 113 Å². The number of unbranched alkanes of at least 4 members (excludes halogenated alkanes) is 5. The Hall–Kier alpha value is 1.93. The fraction of sp³-hybridized carbons (Fsp3) is 1.00. The van der Waals surface area contributed by atoms with E-state index in [9.17, 15) is 0 Å². The van der Waals surface area contributed by atoms with Gasteiger partial charge in [-0.25, -0.2) is 0 Å². The monoisotopic (exact) mass is 187 g/mol. The summed E-state index contributed by atoms with van der Waals surface area (Å²) in [5.41, 5.74) is 0. The van der Waals surface area contributed by atoms with Crippen LogP contribution in [-0.2, 0) is 0 Å². The second-order valence-corrected chi connectivity index (χ2v) is 2.83. The third kappa shape index (κ3) is 12.6. The second kappa shape index (κ2) is 13.5. The molecule has 0 heterocycles. The van der Waals surface area contributed by atoms with Gasteiger partial charge in [-0.3, -0.25) is 0 Å². The Kier molecular flexibility index (Phi) is 19.5. The molecule has 0 aromatic carbocycles. The topological polar surface area (TPSA) is 0 Å². The van der Waals surface area contributed by atoms with Crippen molar-refractivity contribution in [2.45, 2.75) is 45.4 Å². The van der Waals surface area contributed by atoms with Crippen molar-refractivity contribution in [3.05, 3.63) is 0 Å². The van der Waals surface area contributed by atoms with Crippen molar-refractivity contribution in [3.63, 3.8) is 0 Å². The molecule has 0 amide bonds. The van der Waals surface area contributed by atoms with Gasteiger partial charge in [-0.15, -0.1) is 11.6 Å². The van der Waals surface area contributed by atoms with Gasteiger partial charge in [0.15, 0.2) is 0 Å². The summed E-state index contributed by atoms with van der Waals surface area (Å²) in [6.07, 6.45) is 8.02. The Morgan fingerprint density at radius 1 is 0.900 bits per heavy atom. The van der Waals surface area contributed by atoms with Gasteiger partial charge in [0.1, 0.15) is 0 Å². The van der Waals surface area contributed by atoms with E-state index in [0.29, 0.717) is 0 Å². The molecule has 0 aromatic rings. The normalized spacial score (nSPS) is 9.00. The van der Waals surface area contributed by atoms with Gasteiger partial charge in [0.25, 0.3) is 0 Å². The van der Waals surface area contributed by atoms with E-state index in [1.165, 1.54) is 38.5 Å². The van der Waals surface area contributed by atoms with Gasteiger partial charge < -0.3 is 0 Å². The average molecular weight is 188 g/mol. The van der Waals surface area contributed by atoms with E-state index in [0.717, 1.165) is 5.88 Å². The maximum Gasteiger partial charge on any atom is 0.0223 e. The molecule has 0 bridgehead atoms. The Morgan fingerprint density at radius 2 is 1.40 bits per heavy atom. The van der Waals surface area contributed by atoms with E-state index in [1.54, 1.807) is 0 Å². The van der Waals surface area contributed by atoms with E-state index < -0.39 is 0 Å². The molecule has 2 heteroatoms. The number of hydrogen-bond donors (Lipinski definition) is 0. The van der Waals surface area contributed by atoms with Crippen LogP contribution in [0.1, 0.15) is 45.4 Å². The zero-order valence-corrected chi connectivity index (χ0v) is 11.2. The van der Waals surface area contributed by atoms with Gasteiger partial charge in [0.2, 0.25) is 0 Å². The molecule has 0 aliphatic rings. The summed E-state index contributed by atoms with van der Waals surface area (Å²) in [5, 5.41) is 0. The Balaban J connectivity index is 0. The number of halogens is 1. The van der Waals surface area contributed by atoms with Crippen LogP contribution in [0.25, 0.3) is 0 Å². The van der Waals surface area contributed by atoms with Crippen LogP contribution < -0.4 is 0 Å². The SMILES string of the molecule is CCCCCCCCCl.[K]. The van der Waals surface area contributed by atoms with Gasteiger partial charge in [-0.1, -0.05) is 39.0 Å². The molecule has 0 spiro atoms. The van der Waals surface area contributed by atoms with Crippen LogP contribution in [0.5, 0.6) is 0 Å². The molecular weight excluding hydrogens is 171 g/mol. The van der Waals surface area contributed by atoms with Crippen molar-refractivity contribution in [3.8, 4) is 0 Å². The Bertz CT molecular complexity index is 42.5. The summed E-state index contributed by atoms with van der Waals surface area (Å²) >= 11 is 5.51. The Morgan fingerprint density at radius 3 is 1.90 bits per heavy atom. The molecule has 0 aliphatic carbocycles. The minimum Gasteiger partial charge on any atom is -0.127 e. The van der Waals surface area contributed by atoms with Crippen LogP contribution in [0.4, 0.5) is 0 Å². The minimum absolute atomic E-state index is 0. The van der Waals surface area contributed by atoms with Crippen molar-refractivity contribution in [2.75, 3.05) is 5.88 Å². The molecule has 0 aliphatic heterocycles. The third-order valence-electron chi connectivity index (χ3n) is 1.49. The molecular formula is C8H17ClK. The van der Waals surface area contributed by atoms with Crippen LogP contribution in [0.15, 0.2) is 0 Å². The van der Waals surface area contributed by atoms with Crippen LogP contribution >= 0.6 is 11.6 Å². The molecule has 0 nitrogen and oxygen atoms in total. The largest absolute Gasteiger partial charge is 0.127 e. The molecule has 0 rings (SSSR count). The summed E-state index contributed by atoms with van der Waals surface area (Å²) in [7, 11) is 0. The van der Waals surface area contributed by atoms with Crippen molar-refractivity contribution >= 4 is 63.0 Å². The van der Waals surface area contributed by atoms with Crippen LogP contribution in [0, 0.1) is 0 Å². The molecule has 0 saturated heterocycles.